The molecule has 4 heterocycles. The average Bonchev–Trinajstić information content (AvgIpc) is 3.46. The Bertz CT molecular complexity index is 1510. The van der Waals surface area contributed by atoms with Gasteiger partial charge in [0.25, 0.3) is 0 Å². The van der Waals surface area contributed by atoms with Crippen LogP contribution in [0, 0.1) is 11.2 Å². The Balaban J connectivity index is 1.32. The molecular formula is C26H28ClFN6O2. The first-order valence-electron chi connectivity index (χ1n) is 12.0. The van der Waals surface area contributed by atoms with Gasteiger partial charge in [0.15, 0.2) is 5.79 Å². The SMILES string of the molecule is CC1(C)O[C@H]2[C@H](n3ccc4c(N)ncnc43)C[C@](C)(CCc3cc(F)c4cc(Cl)c(N)nc4c3)[C@H]2O1. The van der Waals surface area contributed by atoms with E-state index in [1.807, 2.05) is 32.2 Å². The van der Waals surface area contributed by atoms with Crippen molar-refractivity contribution in [1.82, 2.24) is 19.5 Å². The molecule has 1 aliphatic carbocycles. The summed E-state index contributed by atoms with van der Waals surface area (Å²) in [6.45, 7) is 6.10. The smallest absolute Gasteiger partial charge is 0.163 e. The van der Waals surface area contributed by atoms with Gasteiger partial charge in [0.1, 0.15) is 35.5 Å². The van der Waals surface area contributed by atoms with E-state index in [4.69, 9.17) is 32.5 Å². The fraction of sp³-hybridized carbons (Fsp3) is 0.423. The number of ether oxygens (including phenoxy) is 2. The number of nitrogens with two attached hydrogens (primary N) is 2. The summed E-state index contributed by atoms with van der Waals surface area (Å²) >= 11 is 6.04. The molecule has 10 heteroatoms. The molecule has 4 atom stereocenters. The number of aryl methyl sites for hydroxylation is 1. The third kappa shape index (κ3) is 3.68. The molecule has 2 fully saturated rings. The first-order valence-corrected chi connectivity index (χ1v) is 12.4. The Hall–Kier alpha value is -3.01. The molecule has 1 aromatic carbocycles. The number of halogens is 2. The Kier molecular flexibility index (Phi) is 5.19. The highest BCUT2D eigenvalue weighted by atomic mass is 35.5. The van der Waals surface area contributed by atoms with E-state index in [1.165, 1.54) is 12.4 Å². The van der Waals surface area contributed by atoms with E-state index in [-0.39, 0.29) is 40.3 Å². The Morgan fingerprint density at radius 2 is 1.92 bits per heavy atom. The lowest BCUT2D eigenvalue weighted by atomic mass is 9.80. The molecule has 4 N–H and O–H groups in total. The van der Waals surface area contributed by atoms with Gasteiger partial charge in [-0.15, -0.1) is 0 Å². The summed E-state index contributed by atoms with van der Waals surface area (Å²) in [7, 11) is 0. The minimum atomic E-state index is -0.706. The largest absolute Gasteiger partial charge is 0.383 e. The zero-order chi connectivity index (χ0) is 25.4. The third-order valence-corrected chi connectivity index (χ3v) is 7.98. The second-order valence-electron chi connectivity index (χ2n) is 10.7. The van der Waals surface area contributed by atoms with Crippen LogP contribution in [0.2, 0.25) is 5.02 Å². The third-order valence-electron chi connectivity index (χ3n) is 7.68. The van der Waals surface area contributed by atoms with Gasteiger partial charge in [-0.05, 0) is 68.4 Å². The highest BCUT2D eigenvalue weighted by Crippen LogP contribution is 2.55. The van der Waals surface area contributed by atoms with E-state index < -0.39 is 5.79 Å². The van der Waals surface area contributed by atoms with Crippen LogP contribution >= 0.6 is 11.6 Å². The molecule has 1 saturated carbocycles. The molecule has 4 aromatic rings. The summed E-state index contributed by atoms with van der Waals surface area (Å²) in [5.74, 6) is -0.422. The lowest BCUT2D eigenvalue weighted by molar-refractivity contribution is -0.168. The number of rotatable bonds is 4. The normalized spacial score (nSPS) is 27.2. The minimum absolute atomic E-state index is 0.00511. The molecule has 0 unspecified atom stereocenters. The van der Waals surface area contributed by atoms with Gasteiger partial charge in [0.2, 0.25) is 0 Å². The number of fused-ring (bicyclic) bond motifs is 3. The number of aromatic nitrogens is 4. The molecule has 1 aliphatic heterocycles. The van der Waals surface area contributed by atoms with E-state index in [9.17, 15) is 4.39 Å². The molecule has 0 spiro atoms. The molecule has 6 rings (SSSR count). The minimum Gasteiger partial charge on any atom is -0.383 e. The Labute approximate surface area is 212 Å². The molecule has 36 heavy (non-hydrogen) atoms. The first-order chi connectivity index (χ1) is 17.0. The monoisotopic (exact) mass is 510 g/mol. The topological polar surface area (TPSA) is 114 Å². The fourth-order valence-electron chi connectivity index (χ4n) is 5.93. The van der Waals surface area contributed by atoms with E-state index in [0.717, 1.165) is 29.4 Å². The van der Waals surface area contributed by atoms with Gasteiger partial charge in [-0.3, -0.25) is 0 Å². The summed E-state index contributed by atoms with van der Waals surface area (Å²) in [5, 5.41) is 1.43. The number of nitrogens with zero attached hydrogens (tertiary/aromatic N) is 4. The maximum Gasteiger partial charge on any atom is 0.163 e. The summed E-state index contributed by atoms with van der Waals surface area (Å²) < 4.78 is 29.9. The van der Waals surface area contributed by atoms with Crippen LogP contribution in [0.15, 0.2) is 36.8 Å². The Morgan fingerprint density at radius 3 is 2.72 bits per heavy atom. The van der Waals surface area contributed by atoms with E-state index in [0.29, 0.717) is 23.1 Å². The van der Waals surface area contributed by atoms with Crippen molar-refractivity contribution in [2.75, 3.05) is 11.5 Å². The van der Waals surface area contributed by atoms with Crippen molar-refractivity contribution in [3.63, 3.8) is 0 Å². The molecule has 8 nitrogen and oxygen atoms in total. The summed E-state index contributed by atoms with van der Waals surface area (Å²) in [6, 6.07) is 6.91. The predicted molar refractivity (Wildman–Crippen MR) is 137 cm³/mol. The van der Waals surface area contributed by atoms with Gasteiger partial charge in [-0.2, -0.15) is 0 Å². The molecule has 1 saturated heterocycles. The van der Waals surface area contributed by atoms with E-state index in [1.54, 1.807) is 6.07 Å². The molecule has 0 bridgehead atoms. The predicted octanol–water partition coefficient (Wildman–Crippen LogP) is 5.04. The summed E-state index contributed by atoms with van der Waals surface area (Å²) in [4.78, 5) is 12.9. The molecule has 188 valence electrons. The summed E-state index contributed by atoms with van der Waals surface area (Å²) in [6.07, 6.45) is 5.42. The average molecular weight is 511 g/mol. The molecule has 3 aromatic heterocycles. The second-order valence-corrected chi connectivity index (χ2v) is 11.1. The maximum absolute atomic E-state index is 14.9. The molecule has 0 amide bonds. The zero-order valence-corrected chi connectivity index (χ0v) is 21.1. The fourth-order valence-corrected chi connectivity index (χ4v) is 6.08. The van der Waals surface area contributed by atoms with Gasteiger partial charge in [-0.25, -0.2) is 19.3 Å². The standard InChI is InChI=1S/C26H28ClFN6O2/c1-25(2)35-20-19(34-7-5-14-22(29)31-12-32-24(14)34)11-26(3,21(20)36-25)6-4-13-8-17(28)15-10-16(27)23(30)33-18(15)9-13/h5,7-10,12,19-21H,4,6,11H2,1-3H3,(H2,30,33)(H2,29,31,32)/t19-,20+,21+,26+/m1/s1. The number of pyridine rings is 1. The van der Waals surface area contributed by atoms with Crippen molar-refractivity contribution in [3.05, 3.63) is 53.2 Å². The van der Waals surface area contributed by atoms with E-state index >= 15 is 0 Å². The first kappa shape index (κ1) is 23.4. The highest BCUT2D eigenvalue weighted by molar-refractivity contribution is 6.33. The van der Waals surface area contributed by atoms with Crippen LogP contribution in [-0.2, 0) is 15.9 Å². The van der Waals surface area contributed by atoms with Crippen molar-refractivity contribution in [3.8, 4) is 0 Å². The van der Waals surface area contributed by atoms with Crippen LogP contribution in [0.3, 0.4) is 0 Å². The summed E-state index contributed by atoms with van der Waals surface area (Å²) in [5.41, 5.74) is 13.8. The van der Waals surface area contributed by atoms with Gasteiger partial charge < -0.3 is 25.5 Å². The van der Waals surface area contributed by atoms with Crippen LogP contribution < -0.4 is 11.5 Å². The van der Waals surface area contributed by atoms with Gasteiger partial charge in [0, 0.05) is 11.6 Å². The lowest BCUT2D eigenvalue weighted by Crippen LogP contribution is -2.34. The second kappa shape index (κ2) is 7.99. The van der Waals surface area contributed by atoms with Gasteiger partial charge in [0.05, 0.1) is 28.1 Å². The van der Waals surface area contributed by atoms with Gasteiger partial charge >= 0.3 is 0 Å². The zero-order valence-electron chi connectivity index (χ0n) is 20.3. The van der Waals surface area contributed by atoms with Crippen LogP contribution in [-0.4, -0.2) is 37.5 Å². The van der Waals surface area contributed by atoms with E-state index in [2.05, 4.69) is 26.4 Å². The highest BCUT2D eigenvalue weighted by Gasteiger charge is 2.59. The van der Waals surface area contributed by atoms with Crippen molar-refractivity contribution in [1.29, 1.82) is 0 Å². The number of hydrogen-bond donors (Lipinski definition) is 2. The number of nitrogen functional groups attached to an aromatic ring is 2. The van der Waals surface area contributed by atoms with Crippen molar-refractivity contribution < 1.29 is 13.9 Å². The molecular weight excluding hydrogens is 483 g/mol. The quantitative estimate of drug-likeness (QED) is 0.395. The van der Waals surface area contributed by atoms with Crippen LogP contribution in [0.1, 0.15) is 45.2 Å². The molecule has 0 radical (unpaired) electrons. The Morgan fingerprint density at radius 1 is 1.11 bits per heavy atom. The van der Waals surface area contributed by atoms with Crippen LogP contribution in [0.25, 0.3) is 21.9 Å². The van der Waals surface area contributed by atoms with Crippen molar-refractivity contribution >= 4 is 45.2 Å². The van der Waals surface area contributed by atoms with Crippen LogP contribution in [0.5, 0.6) is 0 Å². The van der Waals surface area contributed by atoms with Crippen molar-refractivity contribution in [2.45, 2.75) is 64.1 Å². The number of benzene rings is 1. The van der Waals surface area contributed by atoms with Gasteiger partial charge in [-0.1, -0.05) is 18.5 Å². The number of anilines is 2. The lowest BCUT2D eigenvalue weighted by Gasteiger charge is -2.32. The molecule has 2 aliphatic rings. The van der Waals surface area contributed by atoms with Crippen molar-refractivity contribution in [2.24, 2.45) is 5.41 Å². The number of hydrogen-bond acceptors (Lipinski definition) is 7. The maximum atomic E-state index is 14.9. The van der Waals surface area contributed by atoms with Crippen LogP contribution in [0.4, 0.5) is 16.0 Å².